The highest BCUT2D eigenvalue weighted by Crippen LogP contribution is 2.26. The summed E-state index contributed by atoms with van der Waals surface area (Å²) in [5.74, 6) is -0.917. The van der Waals surface area contributed by atoms with Gasteiger partial charge in [-0.1, -0.05) is 78.9 Å². The highest BCUT2D eigenvalue weighted by Gasteiger charge is 2.24. The first-order valence-electron chi connectivity index (χ1n) is 12.6. The summed E-state index contributed by atoms with van der Waals surface area (Å²) in [6.07, 6.45) is 2.59. The molecule has 3 rings (SSSR count). The summed E-state index contributed by atoms with van der Waals surface area (Å²) >= 11 is 12.1. The molecule has 10 nitrogen and oxygen atoms in total. The smallest absolute Gasteiger partial charge is 0.320 e. The van der Waals surface area contributed by atoms with E-state index in [-0.39, 0.29) is 5.02 Å². The molecule has 3 aromatic carbocycles. The number of benzene rings is 3. The first-order chi connectivity index (χ1) is 19.3. The highest BCUT2D eigenvalue weighted by molar-refractivity contribution is 6.36. The SMILES string of the molecule is CCCCC[C@@H](NC(=O)c1ccc(NC(=O)NC(C(=O)Nc2ccc(Cl)cc2Cl)c2ccccc2)cc1)ONO. The van der Waals surface area contributed by atoms with Gasteiger partial charge in [0.05, 0.1) is 10.7 Å². The van der Waals surface area contributed by atoms with E-state index in [0.717, 1.165) is 19.3 Å². The van der Waals surface area contributed by atoms with Gasteiger partial charge in [-0.15, -0.1) is 0 Å². The van der Waals surface area contributed by atoms with Crippen LogP contribution in [-0.4, -0.2) is 29.3 Å². The molecule has 2 atom stereocenters. The molecule has 0 radical (unpaired) electrons. The fraction of sp³-hybridized carbons (Fsp3) is 0.250. The van der Waals surface area contributed by atoms with Crippen LogP contribution in [0.25, 0.3) is 0 Å². The van der Waals surface area contributed by atoms with Crippen molar-refractivity contribution in [1.82, 2.24) is 16.3 Å². The van der Waals surface area contributed by atoms with Crippen LogP contribution in [0.5, 0.6) is 0 Å². The zero-order valence-electron chi connectivity index (χ0n) is 21.7. The second-order valence-electron chi connectivity index (χ2n) is 8.80. The van der Waals surface area contributed by atoms with Crippen molar-refractivity contribution in [3.05, 3.63) is 94.0 Å². The predicted octanol–water partition coefficient (Wildman–Crippen LogP) is 6.04. The number of unbranched alkanes of at least 4 members (excludes halogenated alkanes) is 2. The largest absolute Gasteiger partial charge is 0.325 e. The Balaban J connectivity index is 1.64. The fourth-order valence-electron chi connectivity index (χ4n) is 3.78. The first kappa shape index (κ1) is 30.9. The summed E-state index contributed by atoms with van der Waals surface area (Å²) in [6.45, 7) is 2.06. The van der Waals surface area contributed by atoms with E-state index in [1.54, 1.807) is 60.2 Å². The minimum Gasteiger partial charge on any atom is -0.325 e. The summed E-state index contributed by atoms with van der Waals surface area (Å²) in [7, 11) is 0. The summed E-state index contributed by atoms with van der Waals surface area (Å²) in [5.41, 5.74) is 3.26. The zero-order chi connectivity index (χ0) is 28.9. The molecule has 0 saturated heterocycles. The van der Waals surface area contributed by atoms with Crippen molar-refractivity contribution in [2.75, 3.05) is 10.6 Å². The van der Waals surface area contributed by atoms with Gasteiger partial charge in [-0.2, -0.15) is 0 Å². The summed E-state index contributed by atoms with van der Waals surface area (Å²) in [4.78, 5) is 43.6. The van der Waals surface area contributed by atoms with Gasteiger partial charge in [-0.25, -0.2) is 4.79 Å². The maximum atomic E-state index is 13.2. The topological polar surface area (TPSA) is 141 Å². The molecule has 6 N–H and O–H groups in total. The molecule has 0 spiro atoms. The molecule has 0 aliphatic carbocycles. The first-order valence-corrected chi connectivity index (χ1v) is 13.4. The van der Waals surface area contributed by atoms with Gasteiger partial charge in [0.1, 0.15) is 6.04 Å². The van der Waals surface area contributed by atoms with Crippen LogP contribution in [0, 0.1) is 0 Å². The lowest BCUT2D eigenvalue weighted by Gasteiger charge is -2.20. The van der Waals surface area contributed by atoms with Crippen molar-refractivity contribution in [2.24, 2.45) is 0 Å². The molecule has 212 valence electrons. The molecule has 1 unspecified atom stereocenters. The summed E-state index contributed by atoms with van der Waals surface area (Å²) < 4.78 is 0. The monoisotopic (exact) mass is 587 g/mol. The van der Waals surface area contributed by atoms with Gasteiger partial charge in [0.15, 0.2) is 6.23 Å². The molecule has 0 aliphatic rings. The van der Waals surface area contributed by atoms with E-state index in [4.69, 9.17) is 33.2 Å². The second-order valence-corrected chi connectivity index (χ2v) is 9.64. The quantitative estimate of drug-likeness (QED) is 0.0817. The normalized spacial score (nSPS) is 12.2. The highest BCUT2D eigenvalue weighted by atomic mass is 35.5. The van der Waals surface area contributed by atoms with Crippen LogP contribution in [0.3, 0.4) is 0 Å². The minimum atomic E-state index is -1.04. The van der Waals surface area contributed by atoms with Crippen molar-refractivity contribution in [1.29, 1.82) is 0 Å². The molecule has 0 heterocycles. The molecule has 12 heteroatoms. The minimum absolute atomic E-state index is 0.257. The van der Waals surface area contributed by atoms with Crippen LogP contribution >= 0.6 is 23.2 Å². The van der Waals surface area contributed by atoms with Gasteiger partial charge < -0.3 is 21.3 Å². The van der Waals surface area contributed by atoms with Gasteiger partial charge in [0.2, 0.25) is 0 Å². The van der Waals surface area contributed by atoms with E-state index in [1.165, 1.54) is 18.2 Å². The van der Waals surface area contributed by atoms with Gasteiger partial charge in [0, 0.05) is 16.3 Å². The van der Waals surface area contributed by atoms with Crippen molar-refractivity contribution < 1.29 is 24.4 Å². The Morgan fingerprint density at radius 3 is 2.27 bits per heavy atom. The van der Waals surface area contributed by atoms with Crippen LogP contribution < -0.4 is 26.9 Å². The molecular weight excluding hydrogens is 557 g/mol. The Bertz CT molecular complexity index is 1280. The van der Waals surface area contributed by atoms with Crippen LogP contribution in [0.1, 0.15) is 54.6 Å². The average molecular weight is 588 g/mol. The number of rotatable bonds is 13. The zero-order valence-corrected chi connectivity index (χ0v) is 23.3. The van der Waals surface area contributed by atoms with E-state index >= 15 is 0 Å². The van der Waals surface area contributed by atoms with Crippen molar-refractivity contribution in [3.63, 3.8) is 0 Å². The van der Waals surface area contributed by atoms with Gasteiger partial charge in [-0.3, -0.25) is 19.6 Å². The van der Waals surface area contributed by atoms with Crippen LogP contribution in [0.4, 0.5) is 16.2 Å². The lowest BCUT2D eigenvalue weighted by Crippen LogP contribution is -2.40. The Morgan fingerprint density at radius 1 is 0.900 bits per heavy atom. The number of urea groups is 1. The maximum absolute atomic E-state index is 13.2. The molecule has 0 aromatic heterocycles. The molecular formula is C28H31Cl2N5O5. The summed E-state index contributed by atoms with van der Waals surface area (Å²) in [5, 5.41) is 20.3. The van der Waals surface area contributed by atoms with Crippen molar-refractivity contribution in [2.45, 2.75) is 44.9 Å². The molecule has 0 saturated carbocycles. The number of hydrogen-bond donors (Lipinski definition) is 6. The van der Waals surface area contributed by atoms with Gasteiger partial charge in [0.25, 0.3) is 11.8 Å². The Morgan fingerprint density at radius 2 is 1.62 bits per heavy atom. The van der Waals surface area contributed by atoms with Crippen LogP contribution in [0.2, 0.25) is 10.0 Å². The number of amides is 4. The van der Waals surface area contributed by atoms with E-state index in [1.807, 2.05) is 0 Å². The molecule has 3 aromatic rings. The Labute approximate surface area is 242 Å². The number of halogens is 2. The molecule has 0 fully saturated rings. The van der Waals surface area contributed by atoms with Crippen molar-refractivity contribution in [3.8, 4) is 0 Å². The number of carbonyl (C=O) groups excluding carboxylic acids is 3. The van der Waals surface area contributed by atoms with E-state index < -0.39 is 30.1 Å². The van der Waals surface area contributed by atoms with E-state index in [2.05, 4.69) is 28.2 Å². The third-order valence-electron chi connectivity index (χ3n) is 5.82. The third kappa shape index (κ3) is 9.51. The predicted molar refractivity (Wildman–Crippen MR) is 154 cm³/mol. The van der Waals surface area contributed by atoms with Crippen LogP contribution in [0.15, 0.2) is 72.8 Å². The maximum Gasteiger partial charge on any atom is 0.320 e. The average Bonchev–Trinajstić information content (AvgIpc) is 2.94. The number of hydrogen-bond acceptors (Lipinski definition) is 6. The Kier molecular flexibility index (Phi) is 12.2. The standard InChI is InChI=1S/C28H31Cl2N5O5/c1-2-3-5-10-24(40-35-39)33-26(36)19-11-14-21(15-12-19)31-28(38)34-25(18-8-6-4-7-9-18)27(37)32-23-16-13-20(29)17-22(23)30/h4,6-9,11-17,24-25,35,39H,2-3,5,10H2,1H3,(H,32,37)(H,33,36)(H2,31,34,38)/t24-,25?/m0/s1. The second kappa shape index (κ2) is 15.8. The number of carbonyl (C=O) groups is 3. The van der Waals surface area contributed by atoms with Crippen molar-refractivity contribution >= 4 is 52.4 Å². The molecule has 0 aliphatic heterocycles. The molecule has 0 bridgehead atoms. The molecule has 40 heavy (non-hydrogen) atoms. The van der Waals surface area contributed by atoms with Gasteiger partial charge in [-0.05, 0) is 60.9 Å². The Hall–Kier alpha value is -3.67. The number of nitrogens with one attached hydrogen (secondary N) is 5. The van der Waals surface area contributed by atoms with E-state index in [0.29, 0.717) is 33.9 Å². The lowest BCUT2D eigenvalue weighted by molar-refractivity contribution is -0.170. The van der Waals surface area contributed by atoms with Gasteiger partial charge >= 0.3 is 6.03 Å². The summed E-state index contributed by atoms with van der Waals surface area (Å²) in [6, 6.07) is 17.9. The fourth-order valence-corrected chi connectivity index (χ4v) is 4.23. The number of anilines is 2. The lowest BCUT2D eigenvalue weighted by atomic mass is 10.1. The molecule has 4 amide bonds. The van der Waals surface area contributed by atoms with Crippen LogP contribution in [-0.2, 0) is 9.63 Å². The van der Waals surface area contributed by atoms with E-state index in [9.17, 15) is 14.4 Å². The third-order valence-corrected chi connectivity index (χ3v) is 6.37.